The third kappa shape index (κ3) is 22.3. The minimum atomic E-state index is -2.23. The van der Waals surface area contributed by atoms with Crippen LogP contribution in [0.25, 0.3) is 11.1 Å². The average Bonchev–Trinajstić information content (AvgIpc) is 0.762. The lowest BCUT2D eigenvalue weighted by molar-refractivity contribution is -0.386. The number of nitro groups is 1. The Hall–Kier alpha value is -12.3. The Morgan fingerprint density at radius 2 is 1.39 bits per heavy atom. The van der Waals surface area contributed by atoms with Gasteiger partial charge in [0, 0.05) is 73.0 Å². The highest BCUT2D eigenvalue weighted by Crippen LogP contribution is 2.51. The maximum absolute atomic E-state index is 16.5. The number of aromatic hydroxyl groups is 3. The predicted molar refractivity (Wildman–Crippen MR) is 479 cm³/mol. The average molecular weight is 1880 g/mol. The maximum atomic E-state index is 16.5. The summed E-state index contributed by atoms with van der Waals surface area (Å²) in [4.78, 5) is 147. The quantitative estimate of drug-likeness (QED) is 0.0136. The zero-order valence-corrected chi connectivity index (χ0v) is 74.7. The molecule has 0 radical (unpaired) electrons. The van der Waals surface area contributed by atoms with Crippen LogP contribution in [0, 0.1) is 34.8 Å². The van der Waals surface area contributed by atoms with E-state index >= 15 is 24.0 Å². The summed E-state index contributed by atoms with van der Waals surface area (Å²) in [5.74, 6) is -18.7. The number of aliphatic hydroxyl groups excluding tert-OH is 6. The van der Waals surface area contributed by atoms with Crippen molar-refractivity contribution in [3.05, 3.63) is 216 Å². The molecule has 18 atom stereocenters. The van der Waals surface area contributed by atoms with E-state index in [-0.39, 0.29) is 118 Å². The van der Waals surface area contributed by atoms with Gasteiger partial charge in [0.15, 0.2) is 41.2 Å². The molecule has 706 valence electrons. The van der Waals surface area contributed by atoms with Crippen LogP contribution in [-0.2, 0) is 65.7 Å². The number of carbonyl (C=O) groups is 9. The molecule has 8 aromatic carbocycles. The largest absolute Gasteiger partial charge is 0.508 e. The maximum Gasteiger partial charge on any atom is 0.323 e. The Labute approximate surface area is 773 Å². The van der Waals surface area contributed by atoms with Gasteiger partial charge in [-0.25, -0.2) is 0 Å². The first-order valence-electron chi connectivity index (χ1n) is 43.4. The van der Waals surface area contributed by atoms with Crippen molar-refractivity contribution in [2.24, 2.45) is 29.2 Å². The molecule has 7 aliphatic heterocycles. The second-order valence-electron chi connectivity index (χ2n) is 34.5. The van der Waals surface area contributed by atoms with Gasteiger partial charge >= 0.3 is 5.69 Å². The van der Waals surface area contributed by atoms with Gasteiger partial charge in [-0.15, -0.1) is 0 Å². The van der Waals surface area contributed by atoms with E-state index < -0.39 is 243 Å². The van der Waals surface area contributed by atoms with Gasteiger partial charge in [0.25, 0.3) is 5.91 Å². The molecule has 7 aliphatic rings. The van der Waals surface area contributed by atoms with E-state index in [1.165, 1.54) is 61.5 Å². The van der Waals surface area contributed by atoms with E-state index in [0.29, 0.717) is 24.0 Å². The molecule has 11 bridgehead atoms. The molecular formula is C95H105Cl2N9O27. The summed E-state index contributed by atoms with van der Waals surface area (Å²) in [6, 6.07) is 24.8. The van der Waals surface area contributed by atoms with Gasteiger partial charge in [0.05, 0.1) is 45.6 Å². The normalized spacial score (nSPS) is 25.2. The number of hydrogen-bond donors (Lipinski definition) is 17. The minimum Gasteiger partial charge on any atom is -0.508 e. The van der Waals surface area contributed by atoms with Gasteiger partial charge in [-0.2, -0.15) is 0 Å². The molecule has 8 aromatic rings. The molecule has 7 heterocycles. The number of ketones is 3. The van der Waals surface area contributed by atoms with Gasteiger partial charge in [-0.3, -0.25) is 53.3 Å². The number of benzene rings is 8. The Balaban J connectivity index is 0.932. The summed E-state index contributed by atoms with van der Waals surface area (Å²) < 4.78 is 45.9. The number of primary amides is 1. The summed E-state index contributed by atoms with van der Waals surface area (Å²) in [7, 11) is 0. The van der Waals surface area contributed by atoms with E-state index in [9.17, 15) is 75.3 Å². The smallest absolute Gasteiger partial charge is 0.323 e. The highest BCUT2D eigenvalue weighted by atomic mass is 35.5. The Morgan fingerprint density at radius 1 is 0.714 bits per heavy atom. The lowest BCUT2D eigenvalue weighted by Gasteiger charge is -2.48. The molecule has 38 heteroatoms. The molecule has 2 fully saturated rings. The van der Waals surface area contributed by atoms with Crippen molar-refractivity contribution in [2.75, 3.05) is 18.5 Å². The van der Waals surface area contributed by atoms with E-state index in [2.05, 4.69) is 31.9 Å². The first kappa shape index (κ1) is 98.2. The molecule has 2 saturated heterocycles. The number of ether oxygens (including phenoxy) is 7. The molecular weight excluding hydrogens is 1770 g/mol. The summed E-state index contributed by atoms with van der Waals surface area (Å²) >= 11 is 14.5. The Morgan fingerprint density at radius 3 is 2.04 bits per heavy atom. The zero-order valence-electron chi connectivity index (χ0n) is 73.2. The van der Waals surface area contributed by atoms with Crippen LogP contribution in [0.5, 0.6) is 51.7 Å². The number of Topliss-reactive ketones (excluding diaryl/α,β-unsaturated/α-hetero) is 3. The number of nitrogens with one attached hydrogen (secondary N) is 6. The van der Waals surface area contributed by atoms with E-state index in [1.54, 1.807) is 69.3 Å². The lowest BCUT2D eigenvalue weighted by atomic mass is 9.84. The number of unbranched alkanes of at least 4 members (excludes halogenated alkanes) is 1. The third-order valence-corrected chi connectivity index (χ3v) is 25.0. The van der Waals surface area contributed by atoms with Crippen molar-refractivity contribution in [2.45, 2.75) is 210 Å². The second-order valence-corrected chi connectivity index (χ2v) is 35.3. The number of phenolic OH excluding ortho intramolecular Hbond substituents is 3. The molecule has 0 aliphatic carbocycles. The number of carbonyl (C=O) groups excluding carboxylic acids is 9. The van der Waals surface area contributed by atoms with E-state index in [0.717, 1.165) is 42.0 Å². The van der Waals surface area contributed by atoms with Gasteiger partial charge in [0.2, 0.25) is 47.3 Å². The van der Waals surface area contributed by atoms with Crippen LogP contribution in [0.2, 0.25) is 10.0 Å². The lowest BCUT2D eigenvalue weighted by Crippen LogP contribution is -2.65. The molecule has 3 unspecified atom stereocenters. The van der Waals surface area contributed by atoms with Crippen LogP contribution in [-0.4, -0.2) is 184 Å². The number of anilines is 1. The Bertz CT molecular complexity index is 5750. The number of halogens is 2. The van der Waals surface area contributed by atoms with Crippen LogP contribution in [0.15, 0.2) is 146 Å². The first-order chi connectivity index (χ1) is 63.3. The Kier molecular flexibility index (Phi) is 31.3. The minimum absolute atomic E-state index is 0.0249. The van der Waals surface area contributed by atoms with Crippen molar-refractivity contribution in [1.29, 1.82) is 0 Å². The first-order valence-corrected chi connectivity index (χ1v) is 44.1. The number of rotatable bonds is 26. The van der Waals surface area contributed by atoms with Gasteiger partial charge in [-0.1, -0.05) is 111 Å². The number of nitro benzene ring substituents is 1. The molecule has 6 amide bonds. The van der Waals surface area contributed by atoms with Crippen LogP contribution in [0.3, 0.4) is 0 Å². The fraction of sp³-hybridized carbons (Fsp3) is 0.400. The van der Waals surface area contributed by atoms with Crippen molar-refractivity contribution in [3.63, 3.8) is 0 Å². The van der Waals surface area contributed by atoms with Crippen molar-refractivity contribution in [3.8, 4) is 62.9 Å². The third-order valence-electron chi connectivity index (χ3n) is 24.4. The van der Waals surface area contributed by atoms with Gasteiger partial charge in [-0.05, 0) is 176 Å². The second kappa shape index (κ2) is 42.3. The number of aryl methyl sites for hydroxylation is 1. The molecule has 19 N–H and O–H groups in total. The molecule has 133 heavy (non-hydrogen) atoms. The highest BCUT2D eigenvalue weighted by molar-refractivity contribution is 6.32. The number of phenols is 3. The van der Waals surface area contributed by atoms with E-state index in [1.807, 2.05) is 19.9 Å². The number of aliphatic hydroxyl groups is 6. The monoisotopic (exact) mass is 1870 g/mol. The zero-order chi connectivity index (χ0) is 95.9. The van der Waals surface area contributed by atoms with Crippen LogP contribution in [0.1, 0.15) is 177 Å². The van der Waals surface area contributed by atoms with Crippen molar-refractivity contribution >= 4 is 87.4 Å². The van der Waals surface area contributed by atoms with E-state index in [4.69, 9.17) is 67.8 Å². The van der Waals surface area contributed by atoms with Gasteiger partial charge in [0.1, 0.15) is 95.6 Å². The topological polar surface area (TPSA) is 568 Å². The fourth-order valence-corrected chi connectivity index (χ4v) is 17.7. The van der Waals surface area contributed by atoms with Crippen molar-refractivity contribution < 1.29 is 127 Å². The summed E-state index contributed by atoms with van der Waals surface area (Å²) in [6.07, 6.45) is -20.6. The van der Waals surface area contributed by atoms with Crippen LogP contribution in [0.4, 0.5) is 11.4 Å². The molecule has 15 rings (SSSR count). The molecule has 36 nitrogen and oxygen atoms in total. The van der Waals surface area contributed by atoms with Crippen LogP contribution < -0.4 is 62.3 Å². The van der Waals surface area contributed by atoms with Crippen LogP contribution >= 0.6 is 23.2 Å². The molecule has 0 aromatic heterocycles. The number of amides is 6. The fourth-order valence-electron chi connectivity index (χ4n) is 17.2. The number of nitrogens with two attached hydrogens (primary N) is 2. The number of fused-ring (bicyclic) bond motifs is 15. The summed E-state index contributed by atoms with van der Waals surface area (Å²) in [5, 5.41) is 136. The molecule has 0 saturated carbocycles. The van der Waals surface area contributed by atoms with Crippen molar-refractivity contribution in [1.82, 2.24) is 26.6 Å². The predicted octanol–water partition coefficient (Wildman–Crippen LogP) is 9.01. The highest BCUT2D eigenvalue weighted by Gasteiger charge is 2.53. The summed E-state index contributed by atoms with van der Waals surface area (Å²) in [5.41, 5.74) is 9.41. The molecule has 0 spiro atoms. The van der Waals surface area contributed by atoms with Gasteiger partial charge < -0.3 is 122 Å². The number of nitrogens with zero attached hydrogens (tertiary/aromatic N) is 1. The standard InChI is InChI=1S/C95H105Cl2N9O27/c1-7-49(28-44(2)3)89(120)104-78-66(112)33-54(36-73(99)114)90(121)102-76-53-34-70(129-68-25-21-51(81(78)115)31-61(68)96)86(71(35-53)130-69-26-22-52(32-62(69)97)82(116)79-93(124)103-77(64(110)18-11-12-27-98)60-37-56(108)38-65(111)75(60)59-30-50(20-24-63(59)109)58(39-67(76)113)92(123)105-79)133-94-87(84(118)83(117)72(42-107)131-94)132-74-40-95(6,88(119)46(5)128-74)100-41-48-16-13-17-55(29-48)101-91(122)57-23-19-45(4)85(80(57)106(125)126)127-43-47-14-9-8-10-15-47/h8-10,13-17,19-26,29-32,34-35,37-38,44,46,49,54,58,72,74,76-79,81-84,87-88,94,100,107-109,111,115-119H,7,11-12,18,27-28,33,36,39-43,98H2,1-6H3,(H2,99,114)(H,101,122)(H,102,121)(H,103,124)(H,104,120)(H,105,123)/t46-,49+,54-,58?,72+,74-,76?,77+,78-,79-,81+,82+,83+,84+,87+,88+,94?,95-/m0/s1. The number of hydrogen-bond acceptors (Lipinski definition) is 29. The summed E-state index contributed by atoms with van der Waals surface area (Å²) in [6.45, 7) is 9.32. The SMILES string of the molecule is CC[C@H](CC(C)C)C(=O)N[C@H]1C(=O)C[C@@H](CC(N)=O)C(=O)NC2C(=O)CC3C(=O)N[C@H](C(=O)N[C@@H](C(=O)CCCCN)c4cc(O)cc(O)c4-c4cc3ccc4O)[C@H](O)c3ccc(c(Cl)c3)Oc3cc2cc(c3OC2O[C@H](CO)[C@@H](O)[C@@H](O)[C@H]2O[C@H]2C[C@](C)(NCc3cccc(NC(=O)c4ccc(C)c(OCc5ccccc5)c4[N+](=O)[O-])c3)[C@H](O)[C@H](C)O2)Oc2ccc(cc2Cl)[C@H]1O.